The number of ether oxygens (including phenoxy) is 1. The van der Waals surface area contributed by atoms with Crippen LogP contribution in [0.25, 0.3) is 0 Å². The Labute approximate surface area is 92.8 Å². The lowest BCUT2D eigenvalue weighted by molar-refractivity contribution is -0.146. The number of carbonyl (C=O) groups is 2. The summed E-state index contributed by atoms with van der Waals surface area (Å²) in [7, 11) is 0. The van der Waals surface area contributed by atoms with Gasteiger partial charge in [0, 0.05) is 19.3 Å². The van der Waals surface area contributed by atoms with E-state index in [0.717, 1.165) is 12.8 Å². The fourth-order valence-electron chi connectivity index (χ4n) is 1.36. The second-order valence-corrected chi connectivity index (χ2v) is 3.60. The lowest BCUT2D eigenvalue weighted by Crippen LogP contribution is -2.47. The molecule has 0 spiro atoms. The molecular weight excluding hydrogens is 216 g/mol. The largest absolute Gasteiger partial charge is 0.479 e. The number of rotatable bonds is 4. The molecule has 4 N–H and O–H groups in total. The Morgan fingerprint density at radius 3 is 2.56 bits per heavy atom. The second kappa shape index (κ2) is 6.29. The number of hydrogen-bond donors (Lipinski definition) is 4. The van der Waals surface area contributed by atoms with Crippen LogP contribution >= 0.6 is 0 Å². The van der Waals surface area contributed by atoms with E-state index in [1.165, 1.54) is 0 Å². The molecule has 1 atom stereocenters. The fourth-order valence-corrected chi connectivity index (χ4v) is 1.36. The summed E-state index contributed by atoms with van der Waals surface area (Å²) >= 11 is 0. The van der Waals surface area contributed by atoms with E-state index >= 15 is 0 Å². The van der Waals surface area contributed by atoms with E-state index in [1.54, 1.807) is 0 Å². The third kappa shape index (κ3) is 4.45. The van der Waals surface area contributed by atoms with E-state index in [1.807, 2.05) is 0 Å². The topological polar surface area (TPSA) is 108 Å². The maximum atomic E-state index is 11.3. The van der Waals surface area contributed by atoms with Gasteiger partial charge in [-0.3, -0.25) is 0 Å². The van der Waals surface area contributed by atoms with E-state index < -0.39 is 18.1 Å². The molecular formula is C9H16N2O5. The first-order valence-corrected chi connectivity index (χ1v) is 5.12. The van der Waals surface area contributed by atoms with Crippen molar-refractivity contribution in [1.82, 2.24) is 10.6 Å². The van der Waals surface area contributed by atoms with Gasteiger partial charge in [-0.1, -0.05) is 0 Å². The minimum absolute atomic E-state index is 0.0516. The fraction of sp³-hybridized carbons (Fsp3) is 0.778. The summed E-state index contributed by atoms with van der Waals surface area (Å²) in [5.74, 6) is -1.36. The highest BCUT2D eigenvalue weighted by atomic mass is 16.5. The Hall–Kier alpha value is -1.34. The van der Waals surface area contributed by atoms with Crippen molar-refractivity contribution >= 4 is 12.0 Å². The quantitative estimate of drug-likeness (QED) is 0.492. The van der Waals surface area contributed by atoms with Gasteiger partial charge in [0.15, 0.2) is 6.10 Å². The van der Waals surface area contributed by atoms with Crippen LogP contribution in [-0.2, 0) is 9.53 Å². The molecule has 0 aromatic heterocycles. The molecule has 0 aromatic rings. The summed E-state index contributed by atoms with van der Waals surface area (Å²) in [6.45, 7) is 0.926. The number of carboxylic acids is 1. The number of carbonyl (C=O) groups excluding carboxylic acids is 1. The second-order valence-electron chi connectivity index (χ2n) is 3.60. The predicted molar refractivity (Wildman–Crippen MR) is 54.0 cm³/mol. The summed E-state index contributed by atoms with van der Waals surface area (Å²) < 4.78 is 5.12. The van der Waals surface area contributed by atoms with Gasteiger partial charge >= 0.3 is 12.0 Å². The monoisotopic (exact) mass is 232 g/mol. The molecule has 1 saturated heterocycles. The number of carboxylic acid groups (broad SMARTS) is 1. The number of hydrogen-bond acceptors (Lipinski definition) is 4. The van der Waals surface area contributed by atoms with Crippen LogP contribution in [0, 0.1) is 0 Å². The van der Waals surface area contributed by atoms with Gasteiger partial charge in [0.1, 0.15) is 0 Å². The van der Waals surface area contributed by atoms with Gasteiger partial charge < -0.3 is 25.6 Å². The summed E-state index contributed by atoms with van der Waals surface area (Å²) in [5.41, 5.74) is 0. The number of aliphatic hydroxyl groups is 1. The summed E-state index contributed by atoms with van der Waals surface area (Å²) in [5, 5.41) is 22.3. The van der Waals surface area contributed by atoms with Crippen molar-refractivity contribution in [1.29, 1.82) is 0 Å². The Balaban J connectivity index is 2.17. The molecule has 92 valence electrons. The minimum atomic E-state index is -1.57. The van der Waals surface area contributed by atoms with Gasteiger partial charge in [0.05, 0.1) is 6.54 Å². The molecule has 1 heterocycles. The lowest BCUT2D eigenvalue weighted by atomic mass is 10.1. The molecule has 0 bridgehead atoms. The summed E-state index contributed by atoms with van der Waals surface area (Å²) in [6.07, 6.45) is -0.0791. The lowest BCUT2D eigenvalue weighted by Gasteiger charge is -2.23. The molecule has 0 saturated carbocycles. The molecule has 7 heteroatoms. The van der Waals surface area contributed by atoms with Crippen LogP contribution in [0.15, 0.2) is 0 Å². The zero-order valence-electron chi connectivity index (χ0n) is 8.81. The third-order valence-electron chi connectivity index (χ3n) is 2.30. The summed E-state index contributed by atoms with van der Waals surface area (Å²) in [6, 6.07) is -0.414. The van der Waals surface area contributed by atoms with Crippen molar-refractivity contribution in [2.24, 2.45) is 0 Å². The first kappa shape index (κ1) is 12.7. The molecule has 7 nitrogen and oxygen atoms in total. The Kier molecular flexibility index (Phi) is 5.00. The first-order chi connectivity index (χ1) is 7.59. The smallest absolute Gasteiger partial charge is 0.334 e. The van der Waals surface area contributed by atoms with Crippen LogP contribution in [0.5, 0.6) is 0 Å². The molecule has 16 heavy (non-hydrogen) atoms. The van der Waals surface area contributed by atoms with Gasteiger partial charge in [0.25, 0.3) is 0 Å². The van der Waals surface area contributed by atoms with Crippen molar-refractivity contribution < 1.29 is 24.5 Å². The van der Waals surface area contributed by atoms with E-state index in [2.05, 4.69) is 10.6 Å². The highest BCUT2D eigenvalue weighted by Gasteiger charge is 2.18. The molecule has 0 radical (unpaired) electrons. The van der Waals surface area contributed by atoms with Crippen LogP contribution in [0.3, 0.4) is 0 Å². The van der Waals surface area contributed by atoms with Gasteiger partial charge in [-0.05, 0) is 12.8 Å². The Morgan fingerprint density at radius 2 is 2.00 bits per heavy atom. The molecule has 1 fully saturated rings. The van der Waals surface area contributed by atoms with Gasteiger partial charge in [-0.2, -0.15) is 0 Å². The SMILES string of the molecule is O=C(NCC(O)C(=O)O)NC1CCOCC1. The maximum Gasteiger partial charge on any atom is 0.334 e. The Morgan fingerprint density at radius 1 is 1.38 bits per heavy atom. The predicted octanol–water partition coefficient (Wildman–Crippen LogP) is -1.09. The van der Waals surface area contributed by atoms with E-state index in [9.17, 15) is 9.59 Å². The van der Waals surface area contributed by atoms with Gasteiger partial charge in [-0.25, -0.2) is 9.59 Å². The maximum absolute atomic E-state index is 11.3. The standard InChI is InChI=1S/C9H16N2O5/c12-7(8(13)14)5-10-9(15)11-6-1-3-16-4-2-6/h6-7,12H,1-5H2,(H,13,14)(H2,10,11,15). The molecule has 2 amide bonds. The van der Waals surface area contributed by atoms with Crippen LogP contribution in [0.2, 0.25) is 0 Å². The highest BCUT2D eigenvalue weighted by molar-refractivity contribution is 5.76. The number of aliphatic hydroxyl groups excluding tert-OH is 1. The molecule has 0 aliphatic carbocycles. The Bertz CT molecular complexity index is 252. The van der Waals surface area contributed by atoms with Crippen LogP contribution in [0.1, 0.15) is 12.8 Å². The van der Waals surface area contributed by atoms with Crippen molar-refractivity contribution in [2.45, 2.75) is 25.0 Å². The van der Waals surface area contributed by atoms with Gasteiger partial charge in [0.2, 0.25) is 0 Å². The molecule has 1 aliphatic heterocycles. The molecule has 0 aromatic carbocycles. The van der Waals surface area contributed by atoms with Crippen LogP contribution < -0.4 is 10.6 Å². The summed E-state index contributed by atoms with van der Waals surface area (Å²) in [4.78, 5) is 21.5. The van der Waals surface area contributed by atoms with E-state index in [-0.39, 0.29) is 12.6 Å². The normalized spacial score (nSPS) is 18.8. The average molecular weight is 232 g/mol. The third-order valence-corrected chi connectivity index (χ3v) is 2.30. The van der Waals surface area contributed by atoms with Crippen molar-refractivity contribution in [3.63, 3.8) is 0 Å². The molecule has 1 aliphatic rings. The van der Waals surface area contributed by atoms with Crippen molar-refractivity contribution in [3.05, 3.63) is 0 Å². The van der Waals surface area contributed by atoms with Crippen LogP contribution in [0.4, 0.5) is 4.79 Å². The minimum Gasteiger partial charge on any atom is -0.479 e. The van der Waals surface area contributed by atoms with E-state index in [4.69, 9.17) is 14.9 Å². The number of aliphatic carboxylic acids is 1. The van der Waals surface area contributed by atoms with Gasteiger partial charge in [-0.15, -0.1) is 0 Å². The van der Waals surface area contributed by atoms with Crippen molar-refractivity contribution in [3.8, 4) is 0 Å². The first-order valence-electron chi connectivity index (χ1n) is 5.12. The van der Waals surface area contributed by atoms with Crippen molar-refractivity contribution in [2.75, 3.05) is 19.8 Å². The highest BCUT2D eigenvalue weighted by Crippen LogP contribution is 2.05. The van der Waals surface area contributed by atoms with Crippen LogP contribution in [-0.4, -0.2) is 54.1 Å². The number of urea groups is 1. The average Bonchev–Trinajstić information content (AvgIpc) is 2.27. The number of amides is 2. The molecule has 1 unspecified atom stereocenters. The van der Waals surface area contributed by atoms with E-state index in [0.29, 0.717) is 13.2 Å². The zero-order chi connectivity index (χ0) is 12.0. The molecule has 1 rings (SSSR count). The number of nitrogens with one attached hydrogen (secondary N) is 2. The zero-order valence-corrected chi connectivity index (χ0v) is 8.81.